The molecule has 2 aromatic rings. The minimum atomic E-state index is -0.562. The van der Waals surface area contributed by atoms with Crippen molar-refractivity contribution in [2.75, 3.05) is 24.3 Å². The van der Waals surface area contributed by atoms with Gasteiger partial charge in [-0.2, -0.15) is 0 Å². The maximum atomic E-state index is 13.9. The number of methoxy groups -OCH3 is 1. The standard InChI is InChI=1S/C22H26FN3O4/c1-22(2,3)30-21(28)26-10-9-14-11-16(6-5-15(14)13-26)24-20(27)25-19-12-17(29-4)7-8-18(19)23/h5-8,11-12H,9-10,13H2,1-4H3,(H2,24,25,27). The summed E-state index contributed by atoms with van der Waals surface area (Å²) in [6, 6.07) is 9.03. The highest BCUT2D eigenvalue weighted by Crippen LogP contribution is 2.25. The number of urea groups is 1. The summed E-state index contributed by atoms with van der Waals surface area (Å²) in [5.41, 5.74) is 2.11. The predicted molar refractivity (Wildman–Crippen MR) is 112 cm³/mol. The summed E-state index contributed by atoms with van der Waals surface area (Å²) in [5.74, 6) is -0.117. The van der Waals surface area contributed by atoms with Crippen LogP contribution >= 0.6 is 0 Å². The fraction of sp³-hybridized carbons (Fsp3) is 0.364. The van der Waals surface area contributed by atoms with Gasteiger partial charge in [-0.25, -0.2) is 14.0 Å². The predicted octanol–water partition coefficient (Wildman–Crippen LogP) is 4.77. The third-order valence-corrected chi connectivity index (χ3v) is 4.55. The molecule has 0 aliphatic carbocycles. The molecular weight excluding hydrogens is 389 g/mol. The number of benzene rings is 2. The Morgan fingerprint density at radius 1 is 1.07 bits per heavy atom. The molecule has 0 saturated carbocycles. The molecule has 0 bridgehead atoms. The van der Waals surface area contributed by atoms with Gasteiger partial charge in [-0.3, -0.25) is 0 Å². The normalized spacial score (nSPS) is 13.3. The molecule has 0 radical (unpaired) electrons. The zero-order valence-corrected chi connectivity index (χ0v) is 17.5. The molecule has 30 heavy (non-hydrogen) atoms. The molecule has 0 saturated heterocycles. The van der Waals surface area contributed by atoms with Crippen LogP contribution in [0.4, 0.5) is 25.4 Å². The number of hydrogen-bond donors (Lipinski definition) is 2. The second-order valence-electron chi connectivity index (χ2n) is 8.06. The number of amides is 3. The highest BCUT2D eigenvalue weighted by atomic mass is 19.1. The van der Waals surface area contributed by atoms with Crippen LogP contribution in [-0.4, -0.2) is 36.3 Å². The van der Waals surface area contributed by atoms with Crippen LogP contribution < -0.4 is 15.4 Å². The summed E-state index contributed by atoms with van der Waals surface area (Å²) in [6.45, 7) is 6.49. The van der Waals surface area contributed by atoms with Crippen molar-refractivity contribution in [3.8, 4) is 5.75 Å². The van der Waals surface area contributed by atoms with E-state index in [1.54, 1.807) is 11.0 Å². The number of carbonyl (C=O) groups excluding carboxylic acids is 2. The molecule has 3 rings (SSSR count). The van der Waals surface area contributed by atoms with Gasteiger partial charge in [0, 0.05) is 24.8 Å². The maximum absolute atomic E-state index is 13.9. The molecule has 0 unspecified atom stereocenters. The van der Waals surface area contributed by atoms with Crippen molar-refractivity contribution in [1.29, 1.82) is 0 Å². The Balaban J connectivity index is 1.63. The van der Waals surface area contributed by atoms with Gasteiger partial charge in [-0.1, -0.05) is 6.07 Å². The van der Waals surface area contributed by atoms with E-state index in [9.17, 15) is 14.0 Å². The SMILES string of the molecule is COc1ccc(F)c(NC(=O)Nc2ccc3c(c2)CCN(C(=O)OC(C)(C)C)C3)c1. The fourth-order valence-corrected chi connectivity index (χ4v) is 3.12. The van der Waals surface area contributed by atoms with Gasteiger partial charge < -0.3 is 25.0 Å². The molecule has 0 fully saturated rings. The van der Waals surface area contributed by atoms with Gasteiger partial charge in [0.25, 0.3) is 0 Å². The smallest absolute Gasteiger partial charge is 0.410 e. The van der Waals surface area contributed by atoms with Crippen molar-refractivity contribution in [2.45, 2.75) is 39.3 Å². The van der Waals surface area contributed by atoms with Crippen molar-refractivity contribution in [3.05, 3.63) is 53.3 Å². The Kier molecular flexibility index (Phi) is 6.14. The minimum absolute atomic E-state index is 0.0258. The van der Waals surface area contributed by atoms with Crippen LogP contribution in [0.25, 0.3) is 0 Å². The largest absolute Gasteiger partial charge is 0.497 e. The lowest BCUT2D eigenvalue weighted by Gasteiger charge is -2.31. The Morgan fingerprint density at radius 2 is 1.83 bits per heavy atom. The first kappa shape index (κ1) is 21.4. The monoisotopic (exact) mass is 415 g/mol. The summed E-state index contributed by atoms with van der Waals surface area (Å²) in [7, 11) is 1.47. The second-order valence-corrected chi connectivity index (χ2v) is 8.06. The number of ether oxygens (including phenoxy) is 2. The van der Waals surface area contributed by atoms with Crippen molar-refractivity contribution in [1.82, 2.24) is 4.90 Å². The van der Waals surface area contributed by atoms with E-state index in [2.05, 4.69) is 10.6 Å². The highest BCUT2D eigenvalue weighted by Gasteiger charge is 2.25. The van der Waals surface area contributed by atoms with Gasteiger partial charge in [-0.15, -0.1) is 0 Å². The van der Waals surface area contributed by atoms with Crippen molar-refractivity contribution in [3.63, 3.8) is 0 Å². The van der Waals surface area contributed by atoms with Gasteiger partial charge in [0.2, 0.25) is 0 Å². The van der Waals surface area contributed by atoms with E-state index in [0.29, 0.717) is 30.9 Å². The third kappa shape index (κ3) is 5.40. The Labute approximate surface area is 175 Å². The molecule has 1 heterocycles. The lowest BCUT2D eigenvalue weighted by Crippen LogP contribution is -2.39. The molecule has 7 nitrogen and oxygen atoms in total. The summed E-state index contributed by atoms with van der Waals surface area (Å²) in [4.78, 5) is 26.2. The van der Waals surface area contributed by atoms with Crippen LogP contribution in [0.3, 0.4) is 0 Å². The number of halogens is 1. The van der Waals surface area contributed by atoms with E-state index in [1.807, 2.05) is 32.9 Å². The first-order valence-electron chi connectivity index (χ1n) is 9.66. The van der Waals surface area contributed by atoms with E-state index in [-0.39, 0.29) is 11.8 Å². The molecule has 2 N–H and O–H groups in total. The number of anilines is 2. The number of fused-ring (bicyclic) bond motifs is 1. The Morgan fingerprint density at radius 3 is 2.53 bits per heavy atom. The Bertz CT molecular complexity index is 956. The summed E-state index contributed by atoms with van der Waals surface area (Å²) in [5, 5.41) is 5.19. The highest BCUT2D eigenvalue weighted by molar-refractivity contribution is 6.00. The van der Waals surface area contributed by atoms with Crippen LogP contribution in [0.15, 0.2) is 36.4 Å². The molecule has 0 spiro atoms. The molecule has 3 amide bonds. The first-order valence-corrected chi connectivity index (χ1v) is 9.66. The number of rotatable bonds is 3. The van der Waals surface area contributed by atoms with Crippen LogP contribution in [0, 0.1) is 5.82 Å². The topological polar surface area (TPSA) is 79.9 Å². The molecule has 0 atom stereocenters. The molecule has 1 aliphatic heterocycles. The summed E-state index contributed by atoms with van der Waals surface area (Å²) >= 11 is 0. The molecular formula is C22H26FN3O4. The minimum Gasteiger partial charge on any atom is -0.497 e. The zero-order valence-electron chi connectivity index (χ0n) is 17.5. The van der Waals surface area contributed by atoms with E-state index in [1.165, 1.54) is 25.3 Å². The molecule has 8 heteroatoms. The fourth-order valence-electron chi connectivity index (χ4n) is 3.12. The van der Waals surface area contributed by atoms with E-state index >= 15 is 0 Å². The van der Waals surface area contributed by atoms with Crippen molar-refractivity contribution in [2.24, 2.45) is 0 Å². The van der Waals surface area contributed by atoms with Crippen LogP contribution in [0.1, 0.15) is 31.9 Å². The van der Waals surface area contributed by atoms with E-state index < -0.39 is 17.4 Å². The van der Waals surface area contributed by atoms with Gasteiger partial charge >= 0.3 is 12.1 Å². The molecule has 1 aliphatic rings. The van der Waals surface area contributed by atoms with Gasteiger partial charge in [0.05, 0.1) is 12.8 Å². The van der Waals surface area contributed by atoms with Gasteiger partial charge in [-0.05, 0) is 62.6 Å². The van der Waals surface area contributed by atoms with Crippen molar-refractivity contribution >= 4 is 23.5 Å². The van der Waals surface area contributed by atoms with Crippen LogP contribution in [0.2, 0.25) is 0 Å². The quantitative estimate of drug-likeness (QED) is 0.757. The van der Waals surface area contributed by atoms with Gasteiger partial charge in [0.15, 0.2) is 0 Å². The third-order valence-electron chi connectivity index (χ3n) is 4.55. The van der Waals surface area contributed by atoms with Crippen LogP contribution in [-0.2, 0) is 17.7 Å². The second kappa shape index (κ2) is 8.61. The lowest BCUT2D eigenvalue weighted by molar-refractivity contribution is 0.0224. The molecule has 160 valence electrons. The van der Waals surface area contributed by atoms with Crippen LogP contribution in [0.5, 0.6) is 5.75 Å². The maximum Gasteiger partial charge on any atom is 0.410 e. The number of nitrogens with one attached hydrogen (secondary N) is 2. The number of carbonyl (C=O) groups is 2. The number of nitrogens with zero attached hydrogens (tertiary/aromatic N) is 1. The number of hydrogen-bond acceptors (Lipinski definition) is 4. The first-order chi connectivity index (χ1) is 14.1. The summed E-state index contributed by atoms with van der Waals surface area (Å²) in [6.07, 6.45) is 0.311. The van der Waals surface area contributed by atoms with Gasteiger partial charge in [0.1, 0.15) is 17.2 Å². The van der Waals surface area contributed by atoms with E-state index in [0.717, 1.165) is 11.1 Å². The average molecular weight is 415 g/mol. The Hall–Kier alpha value is -3.29. The van der Waals surface area contributed by atoms with E-state index in [4.69, 9.17) is 9.47 Å². The lowest BCUT2D eigenvalue weighted by atomic mass is 9.99. The average Bonchev–Trinajstić information content (AvgIpc) is 2.68. The van der Waals surface area contributed by atoms with Crippen molar-refractivity contribution < 1.29 is 23.5 Å². The zero-order chi connectivity index (χ0) is 21.9. The summed E-state index contributed by atoms with van der Waals surface area (Å²) < 4.78 is 24.4. The molecule has 0 aromatic heterocycles. The molecule has 2 aromatic carbocycles.